The van der Waals surface area contributed by atoms with Crippen LogP contribution in [0.15, 0.2) is 30.3 Å². The molecule has 0 aromatic heterocycles. The lowest BCUT2D eigenvalue weighted by atomic mass is 9.88. The fraction of sp³-hybridized carbons (Fsp3) is 0.700. The van der Waals surface area contributed by atoms with Gasteiger partial charge in [-0.1, -0.05) is 88.6 Å². The van der Waals surface area contributed by atoms with Gasteiger partial charge in [0.1, 0.15) is 0 Å². The van der Waals surface area contributed by atoms with E-state index in [9.17, 15) is 0 Å². The Balaban J connectivity index is 2.29. The third-order valence-corrected chi connectivity index (χ3v) is 6.06. The van der Waals surface area contributed by atoms with Gasteiger partial charge in [0, 0.05) is 0 Å². The van der Waals surface area contributed by atoms with Crippen LogP contribution >= 0.6 is 17.2 Å². The van der Waals surface area contributed by atoms with Gasteiger partial charge in [-0.3, -0.25) is 0 Å². The van der Waals surface area contributed by atoms with Crippen LogP contribution in [0, 0.1) is 0 Å². The van der Waals surface area contributed by atoms with Crippen molar-refractivity contribution in [2.24, 2.45) is 0 Å². The fourth-order valence-electron chi connectivity index (χ4n) is 3.17. The van der Waals surface area contributed by atoms with Crippen molar-refractivity contribution in [1.29, 1.82) is 0 Å². The maximum Gasteiger partial charge on any atom is -0.0162 e. The van der Waals surface area contributed by atoms with E-state index in [4.69, 9.17) is 0 Å². The van der Waals surface area contributed by atoms with Crippen LogP contribution in [0.5, 0.6) is 0 Å². The normalized spacial score (nSPS) is 13.0. The first kappa shape index (κ1) is 20.1. The molecule has 3 atom stereocenters. The molecule has 0 N–H and O–H groups in total. The third kappa shape index (κ3) is 9.97. The summed E-state index contributed by atoms with van der Waals surface area (Å²) >= 11 is 0. The Morgan fingerprint density at radius 2 is 1.41 bits per heavy atom. The van der Waals surface area contributed by atoms with Crippen LogP contribution in [-0.4, -0.2) is 6.16 Å². The number of benzene rings is 1. The van der Waals surface area contributed by atoms with Gasteiger partial charge >= 0.3 is 0 Å². The van der Waals surface area contributed by atoms with E-state index in [1.165, 1.54) is 76.8 Å². The lowest BCUT2D eigenvalue weighted by Crippen LogP contribution is -2.00. The van der Waals surface area contributed by atoms with Crippen LogP contribution in [0.3, 0.4) is 0 Å². The molecular formula is C20H36P2. The fourth-order valence-corrected chi connectivity index (χ4v) is 4.24. The van der Waals surface area contributed by atoms with Gasteiger partial charge in [-0.15, -0.1) is 17.2 Å². The van der Waals surface area contributed by atoms with Crippen LogP contribution in [0.25, 0.3) is 0 Å². The molecule has 0 fully saturated rings. The molecule has 1 rings (SSSR count). The highest BCUT2D eigenvalue weighted by Crippen LogP contribution is 2.29. The van der Waals surface area contributed by atoms with Gasteiger partial charge in [-0.05, 0) is 36.9 Å². The second kappa shape index (κ2) is 14.7. The van der Waals surface area contributed by atoms with E-state index in [-0.39, 0.29) is 0 Å². The van der Waals surface area contributed by atoms with Crippen LogP contribution in [-0.2, 0) is 0 Å². The van der Waals surface area contributed by atoms with Gasteiger partial charge in [0.05, 0.1) is 0 Å². The molecule has 0 radical (unpaired) electrons. The molecule has 2 heteroatoms. The molecule has 0 spiro atoms. The lowest BCUT2D eigenvalue weighted by Gasteiger charge is -2.17. The average Bonchev–Trinajstić information content (AvgIpc) is 2.56. The van der Waals surface area contributed by atoms with E-state index in [0.717, 1.165) is 14.2 Å². The minimum atomic E-state index is 0.797. The predicted octanol–water partition coefficient (Wildman–Crippen LogP) is 7.55. The molecule has 126 valence electrons. The minimum Gasteiger partial charge on any atom is -0.114 e. The summed E-state index contributed by atoms with van der Waals surface area (Å²) in [6.45, 7) is 2.29. The second-order valence-electron chi connectivity index (χ2n) is 6.47. The summed E-state index contributed by atoms with van der Waals surface area (Å²) in [6, 6.07) is 11.2. The Bertz CT molecular complexity index is 337. The van der Waals surface area contributed by atoms with E-state index in [0.29, 0.717) is 0 Å². The molecule has 0 aliphatic heterocycles. The van der Waals surface area contributed by atoms with E-state index in [1.807, 2.05) is 0 Å². The lowest BCUT2D eigenvalue weighted by molar-refractivity contribution is 0.496. The first-order valence-electron chi connectivity index (χ1n) is 9.37. The van der Waals surface area contributed by atoms with Gasteiger partial charge in [0.2, 0.25) is 0 Å². The van der Waals surface area contributed by atoms with Crippen molar-refractivity contribution in [3.63, 3.8) is 0 Å². The van der Waals surface area contributed by atoms with Gasteiger partial charge in [0.15, 0.2) is 0 Å². The zero-order chi connectivity index (χ0) is 15.9. The molecule has 1 aromatic carbocycles. The molecule has 0 saturated carbocycles. The summed E-state index contributed by atoms with van der Waals surface area (Å²) in [5, 5.41) is 0. The van der Waals surface area contributed by atoms with Gasteiger partial charge in [0.25, 0.3) is 0 Å². The van der Waals surface area contributed by atoms with E-state index < -0.39 is 0 Å². The van der Waals surface area contributed by atoms with Crippen LogP contribution < -0.4 is 0 Å². The SMILES string of the molecule is CCCCCCCCC(CCCCCPP)c1ccccc1. The van der Waals surface area contributed by atoms with Gasteiger partial charge < -0.3 is 0 Å². The van der Waals surface area contributed by atoms with E-state index in [2.05, 4.69) is 46.2 Å². The largest absolute Gasteiger partial charge is 0.114 e. The molecule has 1 aromatic rings. The highest BCUT2D eigenvalue weighted by Gasteiger charge is 2.10. The van der Waals surface area contributed by atoms with Crippen molar-refractivity contribution in [3.8, 4) is 0 Å². The maximum atomic E-state index is 2.87. The molecule has 0 heterocycles. The summed E-state index contributed by atoms with van der Waals surface area (Å²) in [6.07, 6.45) is 16.9. The van der Waals surface area contributed by atoms with Crippen molar-refractivity contribution < 1.29 is 0 Å². The quantitative estimate of drug-likeness (QED) is 0.243. The zero-order valence-corrected chi connectivity index (χ0v) is 16.7. The number of rotatable bonds is 14. The van der Waals surface area contributed by atoms with Crippen LogP contribution in [0.1, 0.15) is 89.0 Å². The smallest absolute Gasteiger partial charge is 0.0162 e. The molecular weight excluding hydrogens is 302 g/mol. The Labute approximate surface area is 143 Å². The van der Waals surface area contributed by atoms with Crippen molar-refractivity contribution in [2.45, 2.75) is 83.5 Å². The van der Waals surface area contributed by atoms with Crippen LogP contribution in [0.2, 0.25) is 0 Å². The predicted molar refractivity (Wildman–Crippen MR) is 109 cm³/mol. The van der Waals surface area contributed by atoms with Crippen LogP contribution in [0.4, 0.5) is 0 Å². The zero-order valence-electron chi connectivity index (χ0n) is 14.5. The second-order valence-corrected chi connectivity index (χ2v) is 8.60. The summed E-state index contributed by atoms with van der Waals surface area (Å²) in [4.78, 5) is 0. The number of hydrogen-bond acceptors (Lipinski definition) is 0. The molecule has 0 aliphatic rings. The highest BCUT2D eigenvalue weighted by molar-refractivity contribution is 8.02. The Morgan fingerprint density at radius 1 is 0.818 bits per heavy atom. The Morgan fingerprint density at radius 3 is 2.05 bits per heavy atom. The van der Waals surface area contributed by atoms with Gasteiger partial charge in [-0.2, -0.15) is 0 Å². The topological polar surface area (TPSA) is 0 Å². The Hall–Kier alpha value is 0.0800. The average molecular weight is 338 g/mol. The molecule has 3 unspecified atom stereocenters. The first-order valence-corrected chi connectivity index (χ1v) is 12.4. The summed E-state index contributed by atoms with van der Waals surface area (Å²) in [7, 11) is 3.92. The summed E-state index contributed by atoms with van der Waals surface area (Å²) < 4.78 is 0. The molecule has 0 saturated heterocycles. The molecule has 0 amide bonds. The van der Waals surface area contributed by atoms with E-state index >= 15 is 0 Å². The Kier molecular flexibility index (Phi) is 13.4. The molecule has 0 aliphatic carbocycles. The first-order chi connectivity index (χ1) is 10.9. The van der Waals surface area contributed by atoms with Crippen molar-refractivity contribution >= 4 is 17.2 Å². The molecule has 0 bridgehead atoms. The van der Waals surface area contributed by atoms with Gasteiger partial charge in [-0.25, -0.2) is 0 Å². The van der Waals surface area contributed by atoms with Crippen molar-refractivity contribution in [3.05, 3.63) is 35.9 Å². The third-order valence-electron chi connectivity index (χ3n) is 4.55. The highest BCUT2D eigenvalue weighted by atomic mass is 32.0. The monoisotopic (exact) mass is 338 g/mol. The summed E-state index contributed by atoms with van der Waals surface area (Å²) in [5.41, 5.74) is 1.57. The standard InChI is InChI=1S/C20H36P2/c1-2-3-4-5-6-9-14-19(17-12-8-13-18-22-21)20-15-10-7-11-16-20/h7,10-11,15-16,19,22H,2-6,8-9,12-14,17-18,21H2,1H3. The minimum absolute atomic E-state index is 0.797. The number of unbranched alkanes of at least 4 members (excludes halogenated alkanes) is 7. The molecule has 22 heavy (non-hydrogen) atoms. The van der Waals surface area contributed by atoms with Crippen molar-refractivity contribution in [1.82, 2.24) is 0 Å². The molecule has 0 nitrogen and oxygen atoms in total. The maximum absolute atomic E-state index is 2.87. The summed E-state index contributed by atoms with van der Waals surface area (Å²) in [5.74, 6) is 0.797. The number of hydrogen-bond donors (Lipinski definition) is 0. The van der Waals surface area contributed by atoms with Crippen molar-refractivity contribution in [2.75, 3.05) is 6.16 Å². The van der Waals surface area contributed by atoms with E-state index in [1.54, 1.807) is 5.56 Å².